The second kappa shape index (κ2) is 8.96. The number of nitrogens with two attached hydrogens (primary N) is 1. The molecule has 2 aromatic rings. The molecule has 0 fully saturated rings. The molecule has 0 saturated carbocycles. The average molecular weight is 450 g/mol. The van der Waals surface area contributed by atoms with Crippen LogP contribution in [0.4, 0.5) is 0 Å². The lowest BCUT2D eigenvalue weighted by atomic mass is 9.88. The molecule has 1 atom stereocenters. The molecule has 0 radical (unpaired) electrons. The molecule has 2 aliphatic rings. The number of allylic oxidation sites excluding steroid dienone is 5. The Bertz CT molecular complexity index is 1220. The molecule has 1 aliphatic heterocycles. The minimum absolute atomic E-state index is 0.0151. The highest BCUT2D eigenvalue weighted by molar-refractivity contribution is 6.30. The van der Waals surface area contributed by atoms with Crippen LogP contribution < -0.4 is 11.1 Å². The number of aliphatic imine (C=N–C) groups is 1. The Kier molecular flexibility index (Phi) is 6.10. The van der Waals surface area contributed by atoms with E-state index in [2.05, 4.69) is 10.5 Å². The van der Waals surface area contributed by atoms with Crippen LogP contribution in [0.15, 0.2) is 56.7 Å². The Balaban J connectivity index is 2.00. The number of primary amides is 1. The molecular formula is C24H24ClN5O2. The number of aryl methyl sites for hydroxylation is 1. The molecule has 0 unspecified atom stereocenters. The van der Waals surface area contributed by atoms with Gasteiger partial charge in [0.1, 0.15) is 6.04 Å². The Hall–Kier alpha value is -3.45. The molecule has 1 aliphatic carbocycles. The average Bonchev–Trinajstić information content (AvgIpc) is 3.10. The number of carbonyl (C=O) groups is 1. The van der Waals surface area contributed by atoms with E-state index < -0.39 is 11.9 Å². The smallest absolute Gasteiger partial charge is 0.220 e. The highest BCUT2D eigenvalue weighted by atomic mass is 35.5. The topological polar surface area (TPSA) is 117 Å². The van der Waals surface area contributed by atoms with Gasteiger partial charge >= 0.3 is 0 Å². The van der Waals surface area contributed by atoms with Crippen molar-refractivity contribution < 1.29 is 9.32 Å². The summed E-state index contributed by atoms with van der Waals surface area (Å²) in [5.41, 5.74) is 12.3. The number of halogens is 1. The standard InChI is InChI=1S/C24H24ClN5O2/c1-13-22-18-8-5-15(16(11-26)12-28-2)9-19(18)23(14-3-6-17(25)7-4-14)29-20(10-21(27)31)24(22)32-30-13/h3,5-6,8-9,11-12,20,26,28H,4,7,10H2,1-2H3,(H2,27,31)/b16-12+,26-11?/t20-/m0/s1. The van der Waals surface area contributed by atoms with Crippen LogP contribution in [0.5, 0.6) is 0 Å². The summed E-state index contributed by atoms with van der Waals surface area (Å²) in [5.74, 6) is 0.0710. The third-order valence-corrected chi connectivity index (χ3v) is 5.92. The number of hydrogen-bond acceptors (Lipinski definition) is 6. The predicted octanol–water partition coefficient (Wildman–Crippen LogP) is 4.42. The van der Waals surface area contributed by atoms with Gasteiger partial charge in [-0.15, -0.1) is 0 Å². The Labute approximate surface area is 191 Å². The van der Waals surface area contributed by atoms with Crippen LogP contribution in [0.2, 0.25) is 0 Å². The molecule has 0 bridgehead atoms. The quantitative estimate of drug-likeness (QED) is 0.565. The first-order valence-electron chi connectivity index (χ1n) is 10.3. The van der Waals surface area contributed by atoms with Gasteiger partial charge in [0.25, 0.3) is 0 Å². The molecule has 0 saturated heterocycles. The van der Waals surface area contributed by atoms with Crippen molar-refractivity contribution in [2.45, 2.75) is 32.2 Å². The van der Waals surface area contributed by atoms with Crippen molar-refractivity contribution in [2.75, 3.05) is 7.05 Å². The molecular weight excluding hydrogens is 426 g/mol. The van der Waals surface area contributed by atoms with Crippen LogP contribution >= 0.6 is 11.6 Å². The summed E-state index contributed by atoms with van der Waals surface area (Å²) in [6.45, 7) is 1.87. The summed E-state index contributed by atoms with van der Waals surface area (Å²) in [4.78, 5) is 16.8. The highest BCUT2D eigenvalue weighted by Crippen LogP contribution is 2.42. The van der Waals surface area contributed by atoms with Crippen molar-refractivity contribution in [2.24, 2.45) is 10.7 Å². The number of fused-ring (bicyclic) bond motifs is 3. The second-order valence-corrected chi connectivity index (χ2v) is 8.26. The number of benzene rings is 1. The Morgan fingerprint density at radius 2 is 2.16 bits per heavy atom. The summed E-state index contributed by atoms with van der Waals surface area (Å²) >= 11 is 6.20. The van der Waals surface area contributed by atoms with Gasteiger partial charge in [-0.05, 0) is 48.6 Å². The summed E-state index contributed by atoms with van der Waals surface area (Å²) < 4.78 is 5.65. The van der Waals surface area contributed by atoms with Crippen LogP contribution in [0.3, 0.4) is 0 Å². The summed E-state index contributed by atoms with van der Waals surface area (Å²) in [6.07, 6.45) is 8.40. The number of amides is 1. The van der Waals surface area contributed by atoms with Gasteiger partial charge < -0.3 is 21.0 Å². The molecule has 1 aromatic heterocycles. The van der Waals surface area contributed by atoms with Crippen LogP contribution in [-0.2, 0) is 4.79 Å². The van der Waals surface area contributed by atoms with Crippen LogP contribution in [0.1, 0.15) is 47.9 Å². The Morgan fingerprint density at radius 1 is 1.34 bits per heavy atom. The van der Waals surface area contributed by atoms with Gasteiger partial charge in [-0.3, -0.25) is 9.79 Å². The van der Waals surface area contributed by atoms with E-state index in [1.54, 1.807) is 13.2 Å². The van der Waals surface area contributed by atoms with Gasteiger partial charge in [0.2, 0.25) is 5.91 Å². The zero-order chi connectivity index (χ0) is 22.8. The minimum atomic E-state index is -0.577. The molecule has 7 nitrogen and oxygen atoms in total. The van der Waals surface area contributed by atoms with Crippen molar-refractivity contribution in [1.29, 1.82) is 5.41 Å². The van der Waals surface area contributed by atoms with E-state index in [1.807, 2.05) is 37.3 Å². The molecule has 2 heterocycles. The SMILES string of the molecule is CN/C=C(\C=N)c1ccc2c(c1)C(C1=CC=C(Cl)CC1)=N[C@@H](CC(N)=O)c1onc(C)c1-2. The van der Waals surface area contributed by atoms with E-state index in [4.69, 9.17) is 32.3 Å². The van der Waals surface area contributed by atoms with Crippen molar-refractivity contribution in [3.05, 3.63) is 69.7 Å². The van der Waals surface area contributed by atoms with E-state index in [1.165, 1.54) is 6.21 Å². The van der Waals surface area contributed by atoms with Crippen molar-refractivity contribution in [3.63, 3.8) is 0 Å². The molecule has 4 rings (SSSR count). The van der Waals surface area contributed by atoms with Crippen LogP contribution in [0.25, 0.3) is 16.7 Å². The molecule has 0 spiro atoms. The fourth-order valence-electron chi connectivity index (χ4n) is 4.12. The van der Waals surface area contributed by atoms with Crippen molar-refractivity contribution >= 4 is 35.0 Å². The molecule has 32 heavy (non-hydrogen) atoms. The number of nitrogens with zero attached hydrogens (tertiary/aromatic N) is 2. The van der Waals surface area contributed by atoms with Crippen molar-refractivity contribution in [3.8, 4) is 11.1 Å². The normalized spacial score (nSPS) is 17.9. The first-order valence-corrected chi connectivity index (χ1v) is 10.7. The van der Waals surface area contributed by atoms with Gasteiger partial charge in [-0.2, -0.15) is 0 Å². The minimum Gasteiger partial charge on any atom is -0.393 e. The van der Waals surface area contributed by atoms with Gasteiger partial charge in [-0.25, -0.2) is 0 Å². The number of carbonyl (C=O) groups excluding carboxylic acids is 1. The number of aromatic nitrogens is 1. The fraction of sp³-hybridized carbons (Fsp3) is 0.250. The van der Waals surface area contributed by atoms with E-state index in [0.29, 0.717) is 5.76 Å². The summed E-state index contributed by atoms with van der Waals surface area (Å²) in [7, 11) is 1.80. The Morgan fingerprint density at radius 3 is 2.81 bits per heavy atom. The first kappa shape index (κ1) is 21.8. The second-order valence-electron chi connectivity index (χ2n) is 7.77. The maximum Gasteiger partial charge on any atom is 0.220 e. The first-order chi connectivity index (χ1) is 15.4. The lowest BCUT2D eigenvalue weighted by Crippen LogP contribution is -2.16. The highest BCUT2D eigenvalue weighted by Gasteiger charge is 2.32. The van der Waals surface area contributed by atoms with Gasteiger partial charge in [0.05, 0.1) is 23.4 Å². The summed E-state index contributed by atoms with van der Waals surface area (Å²) in [5, 5.41) is 15.7. The monoisotopic (exact) mass is 449 g/mol. The number of hydrogen-bond donors (Lipinski definition) is 3. The van der Waals surface area contributed by atoms with Crippen LogP contribution in [-0.4, -0.2) is 30.0 Å². The van der Waals surface area contributed by atoms with Gasteiger partial charge in [0, 0.05) is 35.6 Å². The predicted molar refractivity (Wildman–Crippen MR) is 127 cm³/mol. The lowest BCUT2D eigenvalue weighted by molar-refractivity contribution is -0.118. The van der Waals surface area contributed by atoms with E-state index in [0.717, 1.165) is 62.7 Å². The zero-order valence-corrected chi connectivity index (χ0v) is 18.7. The molecule has 164 valence electrons. The largest absolute Gasteiger partial charge is 0.393 e. The van der Waals surface area contributed by atoms with Crippen molar-refractivity contribution in [1.82, 2.24) is 10.5 Å². The lowest BCUT2D eigenvalue weighted by Gasteiger charge is -2.18. The van der Waals surface area contributed by atoms with E-state index in [-0.39, 0.29) is 6.42 Å². The fourth-order valence-corrected chi connectivity index (χ4v) is 4.28. The maximum atomic E-state index is 11.9. The van der Waals surface area contributed by atoms with Crippen LogP contribution in [0, 0.1) is 12.3 Å². The molecule has 1 amide bonds. The third kappa shape index (κ3) is 4.03. The molecule has 8 heteroatoms. The van der Waals surface area contributed by atoms with E-state index in [9.17, 15) is 4.79 Å². The number of nitrogens with one attached hydrogen (secondary N) is 2. The molecule has 4 N–H and O–H groups in total. The maximum absolute atomic E-state index is 11.9. The van der Waals surface area contributed by atoms with Gasteiger partial charge in [0.15, 0.2) is 5.76 Å². The third-order valence-electron chi connectivity index (χ3n) is 5.61. The number of rotatable bonds is 6. The summed E-state index contributed by atoms with van der Waals surface area (Å²) in [6, 6.07) is 5.40. The van der Waals surface area contributed by atoms with Gasteiger partial charge in [-0.1, -0.05) is 35.0 Å². The molecule has 1 aromatic carbocycles. The van der Waals surface area contributed by atoms with E-state index >= 15 is 0 Å². The zero-order valence-electron chi connectivity index (χ0n) is 17.9.